The molecule has 0 unspecified atom stereocenters. The summed E-state index contributed by atoms with van der Waals surface area (Å²) < 4.78 is 0. The number of amides is 1. The molecule has 1 fully saturated rings. The summed E-state index contributed by atoms with van der Waals surface area (Å²) in [5.41, 5.74) is 2.25. The third-order valence-corrected chi connectivity index (χ3v) is 6.64. The van der Waals surface area contributed by atoms with Crippen molar-refractivity contribution in [1.82, 2.24) is 15.3 Å². The van der Waals surface area contributed by atoms with Crippen molar-refractivity contribution in [2.24, 2.45) is 5.92 Å². The van der Waals surface area contributed by atoms with Gasteiger partial charge in [0.1, 0.15) is 10.7 Å². The van der Waals surface area contributed by atoms with Crippen molar-refractivity contribution >= 4 is 51.8 Å². The van der Waals surface area contributed by atoms with Crippen LogP contribution >= 0.6 is 23.2 Å². The predicted octanol–water partition coefficient (Wildman–Crippen LogP) is 5.57. The lowest BCUT2D eigenvalue weighted by atomic mass is 9.86. The van der Waals surface area contributed by atoms with Gasteiger partial charge in [-0.05, 0) is 61.4 Å². The van der Waals surface area contributed by atoms with E-state index >= 15 is 0 Å². The van der Waals surface area contributed by atoms with Gasteiger partial charge in [0.25, 0.3) is 5.91 Å². The second kappa shape index (κ2) is 10.6. The Balaban J connectivity index is 1.31. The SMILES string of the molecule is CN(C)c1nc(N[C@H]2CC[C@@H](CNC(=O)c3cccc(C(Cl)Cl)c3)CC2)nc2ccccc12. The molecular formula is C25H29Cl2N5O. The Morgan fingerprint density at radius 1 is 1.06 bits per heavy atom. The minimum Gasteiger partial charge on any atom is -0.362 e. The van der Waals surface area contributed by atoms with Crippen LogP contribution in [0.2, 0.25) is 0 Å². The van der Waals surface area contributed by atoms with Gasteiger partial charge in [-0.15, -0.1) is 23.2 Å². The number of fused-ring (bicyclic) bond motifs is 1. The van der Waals surface area contributed by atoms with Gasteiger partial charge in [0.2, 0.25) is 5.95 Å². The van der Waals surface area contributed by atoms with Gasteiger partial charge < -0.3 is 15.5 Å². The number of nitrogens with zero attached hydrogens (tertiary/aromatic N) is 3. The lowest BCUT2D eigenvalue weighted by Crippen LogP contribution is -2.34. The number of benzene rings is 2. The van der Waals surface area contributed by atoms with Crippen LogP contribution in [0.1, 0.15) is 46.4 Å². The smallest absolute Gasteiger partial charge is 0.251 e. The first-order chi connectivity index (χ1) is 15.9. The molecule has 6 nitrogen and oxygen atoms in total. The molecule has 1 amide bonds. The van der Waals surface area contributed by atoms with Crippen molar-refractivity contribution in [3.63, 3.8) is 0 Å². The number of carbonyl (C=O) groups excluding carboxylic acids is 1. The van der Waals surface area contributed by atoms with Crippen LogP contribution in [-0.2, 0) is 0 Å². The van der Waals surface area contributed by atoms with Gasteiger partial charge in [0.05, 0.1) is 5.52 Å². The summed E-state index contributed by atoms with van der Waals surface area (Å²) in [7, 11) is 4.00. The number of rotatable bonds is 7. The second-order valence-electron chi connectivity index (χ2n) is 8.78. The van der Waals surface area contributed by atoms with Crippen LogP contribution in [0.3, 0.4) is 0 Å². The molecule has 0 saturated heterocycles. The first-order valence-corrected chi connectivity index (χ1v) is 12.1. The molecule has 0 spiro atoms. The topological polar surface area (TPSA) is 70.2 Å². The minimum atomic E-state index is -0.638. The number of alkyl halides is 2. The van der Waals surface area contributed by atoms with Crippen LogP contribution in [0.25, 0.3) is 10.9 Å². The molecule has 0 bridgehead atoms. The van der Waals surface area contributed by atoms with E-state index in [2.05, 4.69) is 10.6 Å². The molecule has 33 heavy (non-hydrogen) atoms. The molecule has 2 N–H and O–H groups in total. The maximum absolute atomic E-state index is 12.5. The second-order valence-corrected chi connectivity index (χ2v) is 9.88. The molecule has 0 atom stereocenters. The van der Waals surface area contributed by atoms with Crippen molar-refractivity contribution in [3.8, 4) is 0 Å². The highest BCUT2D eigenvalue weighted by atomic mass is 35.5. The van der Waals surface area contributed by atoms with Crippen LogP contribution in [0.15, 0.2) is 48.5 Å². The fourth-order valence-electron chi connectivity index (χ4n) is 4.31. The lowest BCUT2D eigenvalue weighted by Gasteiger charge is -2.29. The minimum absolute atomic E-state index is 0.0909. The van der Waals surface area contributed by atoms with Crippen molar-refractivity contribution in [3.05, 3.63) is 59.7 Å². The predicted molar refractivity (Wildman–Crippen MR) is 136 cm³/mol. The summed E-state index contributed by atoms with van der Waals surface area (Å²) >= 11 is 11.8. The first-order valence-electron chi connectivity index (χ1n) is 11.3. The summed E-state index contributed by atoms with van der Waals surface area (Å²) in [5, 5.41) is 7.65. The van der Waals surface area contributed by atoms with E-state index in [0.717, 1.165) is 48.0 Å². The molecule has 4 rings (SSSR count). The number of halogens is 2. The first kappa shape index (κ1) is 23.6. The fourth-order valence-corrected chi connectivity index (χ4v) is 4.58. The van der Waals surface area contributed by atoms with Crippen LogP contribution in [-0.4, -0.2) is 42.6 Å². The Morgan fingerprint density at radius 2 is 1.82 bits per heavy atom. The Labute approximate surface area is 204 Å². The summed E-state index contributed by atoms with van der Waals surface area (Å²) in [4.78, 5) is 23.4. The number of carbonyl (C=O) groups is 1. The van der Waals surface area contributed by atoms with E-state index in [1.54, 1.807) is 18.2 Å². The zero-order valence-corrected chi connectivity index (χ0v) is 20.4. The van der Waals surface area contributed by atoms with Crippen LogP contribution < -0.4 is 15.5 Å². The highest BCUT2D eigenvalue weighted by Gasteiger charge is 2.23. The molecule has 1 heterocycles. The van der Waals surface area contributed by atoms with Crippen molar-refractivity contribution in [2.75, 3.05) is 30.9 Å². The highest BCUT2D eigenvalue weighted by molar-refractivity contribution is 6.44. The number of para-hydroxylation sites is 1. The Morgan fingerprint density at radius 3 is 2.55 bits per heavy atom. The van der Waals surface area contributed by atoms with Crippen molar-refractivity contribution in [2.45, 2.75) is 36.6 Å². The van der Waals surface area contributed by atoms with E-state index in [-0.39, 0.29) is 5.91 Å². The molecular weight excluding hydrogens is 457 g/mol. The zero-order valence-electron chi connectivity index (χ0n) is 18.9. The van der Waals surface area contributed by atoms with Crippen LogP contribution in [0, 0.1) is 5.92 Å². The highest BCUT2D eigenvalue weighted by Crippen LogP contribution is 2.28. The monoisotopic (exact) mass is 485 g/mol. The Kier molecular flexibility index (Phi) is 7.56. The van der Waals surface area contributed by atoms with Crippen LogP contribution in [0.4, 0.5) is 11.8 Å². The number of hydrogen-bond acceptors (Lipinski definition) is 5. The van der Waals surface area contributed by atoms with Gasteiger partial charge in [0.15, 0.2) is 0 Å². The normalized spacial score (nSPS) is 18.3. The average molecular weight is 486 g/mol. The molecule has 1 aliphatic carbocycles. The van der Waals surface area contributed by atoms with Crippen LogP contribution in [0.5, 0.6) is 0 Å². The molecule has 2 aromatic carbocycles. The molecule has 1 aliphatic rings. The summed E-state index contributed by atoms with van der Waals surface area (Å²) in [6.07, 6.45) is 4.11. The third-order valence-electron chi connectivity index (χ3n) is 6.14. The quantitative estimate of drug-likeness (QED) is 0.427. The zero-order chi connectivity index (χ0) is 23.4. The Bertz CT molecular complexity index is 1110. The van der Waals surface area contributed by atoms with Gasteiger partial charge in [0, 0.05) is 37.6 Å². The molecule has 8 heteroatoms. The van der Waals surface area contributed by atoms with E-state index in [0.29, 0.717) is 30.0 Å². The standard InChI is InChI=1S/C25H29Cl2N5O/c1-32(2)23-20-8-3-4-9-21(20)30-25(31-23)29-19-12-10-16(11-13-19)15-28-24(33)18-7-5-6-17(14-18)22(26)27/h3-9,14,16,19,22H,10-13,15H2,1-2H3,(H,28,33)(H,29,30,31)/t16-,19+. The molecule has 1 aromatic heterocycles. The lowest BCUT2D eigenvalue weighted by molar-refractivity contribution is 0.0943. The van der Waals surface area contributed by atoms with Gasteiger partial charge in [-0.1, -0.05) is 24.3 Å². The van der Waals surface area contributed by atoms with Gasteiger partial charge in [-0.25, -0.2) is 4.98 Å². The van der Waals surface area contributed by atoms with Gasteiger partial charge in [-0.3, -0.25) is 4.79 Å². The third kappa shape index (κ3) is 5.87. The van der Waals surface area contributed by atoms with E-state index in [9.17, 15) is 4.79 Å². The van der Waals surface area contributed by atoms with Gasteiger partial charge >= 0.3 is 0 Å². The van der Waals surface area contributed by atoms with Crippen molar-refractivity contribution in [1.29, 1.82) is 0 Å². The average Bonchev–Trinajstić information content (AvgIpc) is 2.83. The Hall–Kier alpha value is -2.57. The van der Waals surface area contributed by atoms with E-state index < -0.39 is 4.84 Å². The maximum Gasteiger partial charge on any atom is 0.251 e. The van der Waals surface area contributed by atoms with Gasteiger partial charge in [-0.2, -0.15) is 4.98 Å². The van der Waals surface area contributed by atoms with Crippen molar-refractivity contribution < 1.29 is 4.79 Å². The maximum atomic E-state index is 12.5. The molecule has 174 valence electrons. The largest absolute Gasteiger partial charge is 0.362 e. The summed E-state index contributed by atoms with van der Waals surface area (Å²) in [6, 6.07) is 15.5. The summed E-state index contributed by atoms with van der Waals surface area (Å²) in [6.45, 7) is 0.665. The molecule has 0 aliphatic heterocycles. The number of aromatic nitrogens is 2. The summed E-state index contributed by atoms with van der Waals surface area (Å²) in [5.74, 6) is 1.95. The molecule has 1 saturated carbocycles. The van der Waals surface area contributed by atoms with E-state index in [4.69, 9.17) is 33.2 Å². The van der Waals surface area contributed by atoms with E-state index in [1.165, 1.54) is 0 Å². The number of nitrogens with one attached hydrogen (secondary N) is 2. The molecule has 3 aromatic rings. The molecule has 0 radical (unpaired) electrons. The fraction of sp³-hybridized carbons (Fsp3) is 0.400. The van der Waals surface area contributed by atoms with E-state index in [1.807, 2.05) is 49.3 Å². The number of hydrogen-bond donors (Lipinski definition) is 2. The number of anilines is 2.